The predicted octanol–water partition coefficient (Wildman–Crippen LogP) is 3.93. The lowest BCUT2D eigenvalue weighted by molar-refractivity contribution is 0.305. The zero-order valence-electron chi connectivity index (χ0n) is 8.94. The molecule has 2 aromatic rings. The monoisotopic (exact) mass is 297 g/mol. The van der Waals surface area contributed by atoms with Gasteiger partial charge >= 0.3 is 0 Å². The van der Waals surface area contributed by atoms with Gasteiger partial charge < -0.3 is 4.74 Å². The van der Waals surface area contributed by atoms with Gasteiger partial charge in [0.2, 0.25) is 0 Å². The molecular weight excluding hydrogens is 286 g/mol. The minimum Gasteiger partial charge on any atom is -0.486 e. The summed E-state index contributed by atoms with van der Waals surface area (Å²) in [5.41, 5.74) is 2.27. The summed E-state index contributed by atoms with van der Waals surface area (Å²) in [7, 11) is 0. The van der Waals surface area contributed by atoms with Crippen molar-refractivity contribution in [3.63, 3.8) is 0 Å². The van der Waals surface area contributed by atoms with Crippen LogP contribution in [0.4, 0.5) is 0 Å². The summed E-state index contributed by atoms with van der Waals surface area (Å²) < 4.78 is 5.67. The molecule has 0 fully saturated rings. The summed E-state index contributed by atoms with van der Waals surface area (Å²) >= 11 is 5.06. The predicted molar refractivity (Wildman–Crippen MR) is 70.3 cm³/mol. The molecule has 0 bridgehead atoms. The van der Waals surface area contributed by atoms with E-state index in [1.165, 1.54) is 5.56 Å². The van der Waals surface area contributed by atoms with Gasteiger partial charge in [-0.25, -0.2) is 4.98 Å². The van der Waals surface area contributed by atoms with Gasteiger partial charge in [0, 0.05) is 16.4 Å². The molecule has 0 saturated heterocycles. The second-order valence-electron chi connectivity index (χ2n) is 3.45. The molecule has 0 aliphatic heterocycles. The van der Waals surface area contributed by atoms with Crippen molar-refractivity contribution < 1.29 is 4.74 Å². The van der Waals surface area contributed by atoms with Crippen molar-refractivity contribution in [1.82, 2.24) is 4.98 Å². The molecule has 1 heterocycles. The molecule has 16 heavy (non-hydrogen) atoms. The van der Waals surface area contributed by atoms with Crippen molar-refractivity contribution >= 4 is 27.3 Å². The molecule has 0 spiro atoms. The first kappa shape index (κ1) is 11.6. The zero-order valence-corrected chi connectivity index (χ0v) is 11.3. The van der Waals surface area contributed by atoms with Crippen LogP contribution in [-0.4, -0.2) is 4.98 Å². The Hall–Kier alpha value is -0.870. The minimum atomic E-state index is 0.546. The number of hydrogen-bond acceptors (Lipinski definition) is 3. The van der Waals surface area contributed by atoms with E-state index in [4.69, 9.17) is 4.74 Å². The number of rotatable bonds is 4. The SMILES string of the molecule is Cc1csc(COc2cccc(CBr)c2)n1. The highest BCUT2D eigenvalue weighted by Gasteiger charge is 2.00. The van der Waals surface area contributed by atoms with Crippen molar-refractivity contribution in [2.45, 2.75) is 18.9 Å². The lowest BCUT2D eigenvalue weighted by atomic mass is 10.2. The molecule has 2 rings (SSSR count). The number of aromatic nitrogens is 1. The van der Waals surface area contributed by atoms with Gasteiger partial charge in [-0.2, -0.15) is 0 Å². The zero-order chi connectivity index (χ0) is 11.4. The molecule has 0 amide bonds. The normalized spacial score (nSPS) is 10.4. The maximum Gasteiger partial charge on any atom is 0.140 e. The van der Waals surface area contributed by atoms with E-state index in [2.05, 4.69) is 27.0 Å². The van der Waals surface area contributed by atoms with Crippen LogP contribution >= 0.6 is 27.3 Å². The Morgan fingerprint density at radius 2 is 2.31 bits per heavy atom. The van der Waals surface area contributed by atoms with Gasteiger partial charge in [-0.3, -0.25) is 0 Å². The van der Waals surface area contributed by atoms with Crippen molar-refractivity contribution in [2.75, 3.05) is 0 Å². The topological polar surface area (TPSA) is 22.1 Å². The Kier molecular flexibility index (Phi) is 3.96. The Bertz CT molecular complexity index is 470. The van der Waals surface area contributed by atoms with Crippen LogP contribution in [0.5, 0.6) is 5.75 Å². The van der Waals surface area contributed by atoms with Gasteiger partial charge in [-0.05, 0) is 24.6 Å². The minimum absolute atomic E-state index is 0.546. The number of alkyl halides is 1. The molecule has 4 heteroatoms. The highest BCUT2D eigenvalue weighted by Crippen LogP contribution is 2.18. The molecule has 0 radical (unpaired) electrons. The van der Waals surface area contributed by atoms with E-state index in [0.29, 0.717) is 6.61 Å². The van der Waals surface area contributed by atoms with Gasteiger partial charge in [-0.1, -0.05) is 28.1 Å². The second-order valence-corrected chi connectivity index (χ2v) is 4.96. The molecule has 0 atom stereocenters. The Labute approximate surface area is 107 Å². The van der Waals surface area contributed by atoms with Crippen LogP contribution in [0.2, 0.25) is 0 Å². The summed E-state index contributed by atoms with van der Waals surface area (Å²) in [6.45, 7) is 2.54. The van der Waals surface area contributed by atoms with E-state index < -0.39 is 0 Å². The fourth-order valence-corrected chi connectivity index (χ4v) is 2.36. The lowest BCUT2D eigenvalue weighted by Gasteiger charge is -2.05. The summed E-state index contributed by atoms with van der Waals surface area (Å²) in [6, 6.07) is 8.07. The fourth-order valence-electron chi connectivity index (χ4n) is 1.33. The number of ether oxygens (including phenoxy) is 1. The lowest BCUT2D eigenvalue weighted by Crippen LogP contribution is -1.95. The fraction of sp³-hybridized carbons (Fsp3) is 0.250. The van der Waals surface area contributed by atoms with E-state index in [-0.39, 0.29) is 0 Å². The van der Waals surface area contributed by atoms with Crippen LogP contribution in [0.25, 0.3) is 0 Å². The van der Waals surface area contributed by atoms with Gasteiger partial charge in [0.05, 0.1) is 0 Å². The molecule has 0 N–H and O–H groups in total. The van der Waals surface area contributed by atoms with Crippen LogP contribution in [-0.2, 0) is 11.9 Å². The maximum absolute atomic E-state index is 5.67. The standard InChI is InChI=1S/C12H12BrNOS/c1-9-8-16-12(14-9)7-15-11-4-2-3-10(5-11)6-13/h2-5,8H,6-7H2,1H3. The largest absolute Gasteiger partial charge is 0.486 e. The van der Waals surface area contributed by atoms with Crippen LogP contribution in [0.3, 0.4) is 0 Å². The van der Waals surface area contributed by atoms with Gasteiger partial charge in [0.25, 0.3) is 0 Å². The number of thiazole rings is 1. The van der Waals surface area contributed by atoms with E-state index in [1.54, 1.807) is 11.3 Å². The molecule has 84 valence electrons. The highest BCUT2D eigenvalue weighted by molar-refractivity contribution is 9.08. The quantitative estimate of drug-likeness (QED) is 0.798. The third-order valence-electron chi connectivity index (χ3n) is 2.08. The number of benzene rings is 1. The number of halogens is 1. The third-order valence-corrected chi connectivity index (χ3v) is 3.67. The van der Waals surface area contributed by atoms with Gasteiger partial charge in [0.1, 0.15) is 17.4 Å². The molecule has 2 nitrogen and oxygen atoms in total. The van der Waals surface area contributed by atoms with Crippen molar-refractivity contribution in [3.8, 4) is 5.75 Å². The van der Waals surface area contributed by atoms with E-state index in [1.807, 2.05) is 30.5 Å². The van der Waals surface area contributed by atoms with Crippen LogP contribution in [0.15, 0.2) is 29.6 Å². The first-order chi connectivity index (χ1) is 7.78. The van der Waals surface area contributed by atoms with E-state index >= 15 is 0 Å². The molecule has 0 aliphatic rings. The molecule has 0 saturated carbocycles. The Morgan fingerprint density at radius 3 is 3.00 bits per heavy atom. The Balaban J connectivity index is 1.99. The molecule has 1 aromatic heterocycles. The van der Waals surface area contributed by atoms with Crippen molar-refractivity contribution in [1.29, 1.82) is 0 Å². The number of nitrogens with zero attached hydrogens (tertiary/aromatic N) is 1. The van der Waals surface area contributed by atoms with Crippen LogP contribution in [0.1, 0.15) is 16.3 Å². The van der Waals surface area contributed by atoms with E-state index in [0.717, 1.165) is 21.8 Å². The first-order valence-corrected chi connectivity index (χ1v) is 6.97. The summed E-state index contributed by atoms with van der Waals surface area (Å²) in [5, 5.41) is 3.90. The van der Waals surface area contributed by atoms with E-state index in [9.17, 15) is 0 Å². The second kappa shape index (κ2) is 5.46. The summed E-state index contributed by atoms with van der Waals surface area (Å²) in [4.78, 5) is 4.35. The Morgan fingerprint density at radius 1 is 1.44 bits per heavy atom. The smallest absolute Gasteiger partial charge is 0.140 e. The maximum atomic E-state index is 5.67. The van der Waals surface area contributed by atoms with Crippen LogP contribution in [0, 0.1) is 6.92 Å². The molecule has 0 aliphatic carbocycles. The molecule has 1 aromatic carbocycles. The third kappa shape index (κ3) is 3.06. The summed E-state index contributed by atoms with van der Waals surface area (Å²) in [5.74, 6) is 0.893. The van der Waals surface area contributed by atoms with Crippen LogP contribution < -0.4 is 4.74 Å². The highest BCUT2D eigenvalue weighted by atomic mass is 79.9. The molecule has 0 unspecified atom stereocenters. The van der Waals surface area contributed by atoms with Gasteiger partial charge in [0.15, 0.2) is 0 Å². The number of aryl methyl sites for hydroxylation is 1. The number of hydrogen-bond donors (Lipinski definition) is 0. The average molecular weight is 298 g/mol. The summed E-state index contributed by atoms with van der Waals surface area (Å²) in [6.07, 6.45) is 0. The van der Waals surface area contributed by atoms with Gasteiger partial charge in [-0.15, -0.1) is 11.3 Å². The molecular formula is C12H12BrNOS. The van der Waals surface area contributed by atoms with Crippen molar-refractivity contribution in [2.24, 2.45) is 0 Å². The first-order valence-electron chi connectivity index (χ1n) is 4.96. The average Bonchev–Trinajstić information content (AvgIpc) is 2.73. The van der Waals surface area contributed by atoms with Crippen molar-refractivity contribution in [3.05, 3.63) is 45.9 Å².